The minimum atomic E-state index is -1.23. The second kappa shape index (κ2) is 7.75. The average molecular weight is 386 g/mol. The molecule has 146 valence electrons. The van der Waals surface area contributed by atoms with Crippen molar-refractivity contribution >= 4 is 17.5 Å². The molecule has 1 heterocycles. The van der Waals surface area contributed by atoms with Crippen molar-refractivity contribution in [2.45, 2.75) is 25.7 Å². The zero-order valence-corrected chi connectivity index (χ0v) is 15.1. The van der Waals surface area contributed by atoms with Gasteiger partial charge in [-0.25, -0.2) is 9.37 Å². The summed E-state index contributed by atoms with van der Waals surface area (Å²) in [7, 11) is 0. The van der Waals surface area contributed by atoms with Crippen LogP contribution in [0.4, 0.5) is 4.39 Å². The molecule has 0 bridgehead atoms. The van der Waals surface area contributed by atoms with Gasteiger partial charge in [0.2, 0.25) is 0 Å². The van der Waals surface area contributed by atoms with Gasteiger partial charge in [-0.2, -0.15) is 0 Å². The Morgan fingerprint density at radius 2 is 1.96 bits per heavy atom. The molecule has 1 amide bonds. The van der Waals surface area contributed by atoms with Crippen LogP contribution in [0.3, 0.4) is 0 Å². The summed E-state index contributed by atoms with van der Waals surface area (Å²) in [6, 6.07) is 5.24. The van der Waals surface area contributed by atoms with Crippen LogP contribution in [0.2, 0.25) is 0 Å². The lowest BCUT2D eigenvalue weighted by Gasteiger charge is -2.14. The number of carbonyl (C=O) groups excluding carboxylic acids is 3. The SMILES string of the molecule is Cc1cc(O)c(C2C(=O)CC(CCNC(=O)c3ncccc3F)C2=O)c(O)c1. The minimum Gasteiger partial charge on any atom is -0.507 e. The number of hydrogen-bond donors (Lipinski definition) is 3. The van der Waals surface area contributed by atoms with E-state index in [0.717, 1.165) is 6.07 Å². The van der Waals surface area contributed by atoms with E-state index >= 15 is 0 Å². The van der Waals surface area contributed by atoms with Crippen molar-refractivity contribution in [3.8, 4) is 11.5 Å². The summed E-state index contributed by atoms with van der Waals surface area (Å²) < 4.78 is 13.6. The fourth-order valence-electron chi connectivity index (χ4n) is 3.46. The number of phenolic OH excluding ortho intramolecular Hbond substituents is 2. The third-order valence-corrected chi connectivity index (χ3v) is 4.78. The molecule has 28 heavy (non-hydrogen) atoms. The number of nitrogens with one attached hydrogen (secondary N) is 1. The van der Waals surface area contributed by atoms with Gasteiger partial charge in [-0.3, -0.25) is 14.4 Å². The first-order valence-corrected chi connectivity index (χ1v) is 8.77. The maximum absolute atomic E-state index is 13.6. The summed E-state index contributed by atoms with van der Waals surface area (Å²) in [5, 5.41) is 22.7. The van der Waals surface area contributed by atoms with Crippen LogP contribution in [0.25, 0.3) is 0 Å². The van der Waals surface area contributed by atoms with E-state index in [0.29, 0.717) is 5.56 Å². The Balaban J connectivity index is 1.66. The summed E-state index contributed by atoms with van der Waals surface area (Å²) >= 11 is 0. The number of carbonyl (C=O) groups is 3. The molecule has 0 saturated heterocycles. The predicted molar refractivity (Wildman–Crippen MR) is 96.5 cm³/mol. The Bertz CT molecular complexity index is 936. The van der Waals surface area contributed by atoms with Crippen LogP contribution in [-0.4, -0.2) is 39.2 Å². The quantitative estimate of drug-likeness (QED) is 0.677. The van der Waals surface area contributed by atoms with Gasteiger partial charge in [0, 0.05) is 25.1 Å². The number of pyridine rings is 1. The van der Waals surface area contributed by atoms with Crippen LogP contribution in [0.15, 0.2) is 30.5 Å². The van der Waals surface area contributed by atoms with E-state index < -0.39 is 35.1 Å². The van der Waals surface area contributed by atoms with Gasteiger partial charge in [-0.15, -0.1) is 0 Å². The van der Waals surface area contributed by atoms with Crippen molar-refractivity contribution in [3.63, 3.8) is 0 Å². The molecule has 1 fully saturated rings. The summed E-state index contributed by atoms with van der Waals surface area (Å²) in [5.74, 6) is -4.77. The smallest absolute Gasteiger partial charge is 0.272 e. The van der Waals surface area contributed by atoms with Crippen LogP contribution >= 0.6 is 0 Å². The number of aryl methyl sites for hydroxylation is 1. The van der Waals surface area contributed by atoms with Gasteiger partial charge in [-0.05, 0) is 43.2 Å². The number of aromatic hydroxyl groups is 2. The second-order valence-corrected chi connectivity index (χ2v) is 6.80. The molecule has 2 unspecified atom stereocenters. The van der Waals surface area contributed by atoms with Gasteiger partial charge in [-0.1, -0.05) is 0 Å². The van der Waals surface area contributed by atoms with E-state index in [1.807, 2.05) is 0 Å². The van der Waals surface area contributed by atoms with Crippen LogP contribution in [0.1, 0.15) is 40.4 Å². The highest BCUT2D eigenvalue weighted by molar-refractivity contribution is 6.15. The summed E-state index contributed by atoms with van der Waals surface area (Å²) in [4.78, 5) is 40.7. The monoisotopic (exact) mass is 386 g/mol. The van der Waals surface area contributed by atoms with Gasteiger partial charge in [0.05, 0.1) is 5.56 Å². The number of Topliss-reactive ketones (excluding diaryl/α,β-unsaturated/α-hetero) is 2. The molecular formula is C20H19FN2O5. The summed E-state index contributed by atoms with van der Waals surface area (Å²) in [6.07, 6.45) is 1.42. The van der Waals surface area contributed by atoms with Crippen molar-refractivity contribution in [2.75, 3.05) is 6.54 Å². The topological polar surface area (TPSA) is 117 Å². The first-order chi connectivity index (χ1) is 13.3. The number of amides is 1. The van der Waals surface area contributed by atoms with Crippen molar-refractivity contribution in [1.29, 1.82) is 0 Å². The fourth-order valence-corrected chi connectivity index (χ4v) is 3.46. The van der Waals surface area contributed by atoms with Crippen molar-refractivity contribution in [3.05, 3.63) is 53.1 Å². The molecule has 8 heteroatoms. The lowest BCUT2D eigenvalue weighted by Crippen LogP contribution is -2.28. The second-order valence-electron chi connectivity index (χ2n) is 6.80. The van der Waals surface area contributed by atoms with E-state index in [-0.39, 0.29) is 42.1 Å². The molecule has 3 rings (SSSR count). The third kappa shape index (κ3) is 3.71. The Kier molecular flexibility index (Phi) is 5.39. The van der Waals surface area contributed by atoms with Crippen LogP contribution in [-0.2, 0) is 9.59 Å². The molecule has 1 saturated carbocycles. The fraction of sp³-hybridized carbons (Fsp3) is 0.300. The number of phenols is 2. The number of rotatable bonds is 5. The normalized spacial score (nSPS) is 19.1. The van der Waals surface area contributed by atoms with Gasteiger partial charge in [0.1, 0.15) is 23.2 Å². The predicted octanol–water partition coefficient (Wildman–Crippen LogP) is 2.00. The molecular weight excluding hydrogens is 367 g/mol. The van der Waals surface area contributed by atoms with E-state index in [9.17, 15) is 29.0 Å². The molecule has 0 radical (unpaired) electrons. The molecule has 0 spiro atoms. The zero-order chi connectivity index (χ0) is 20.4. The highest BCUT2D eigenvalue weighted by Crippen LogP contribution is 2.42. The standard InChI is InChI=1S/C20H19FN2O5/c1-10-7-13(24)16(14(25)8-10)17-15(26)9-11(19(17)27)4-6-23-20(28)18-12(21)3-2-5-22-18/h2-3,5,7-8,11,17,24-25H,4,6,9H2,1H3,(H,23,28). The largest absolute Gasteiger partial charge is 0.507 e. The number of nitrogens with zero attached hydrogens (tertiary/aromatic N) is 1. The highest BCUT2D eigenvalue weighted by atomic mass is 19.1. The van der Waals surface area contributed by atoms with Gasteiger partial charge in [0.15, 0.2) is 17.3 Å². The third-order valence-electron chi connectivity index (χ3n) is 4.78. The highest BCUT2D eigenvalue weighted by Gasteiger charge is 2.44. The van der Waals surface area contributed by atoms with Crippen molar-refractivity contribution in [2.24, 2.45) is 5.92 Å². The first-order valence-electron chi connectivity index (χ1n) is 8.77. The van der Waals surface area contributed by atoms with Crippen LogP contribution in [0.5, 0.6) is 11.5 Å². The van der Waals surface area contributed by atoms with Crippen molar-refractivity contribution < 1.29 is 29.0 Å². The van der Waals surface area contributed by atoms with E-state index in [4.69, 9.17) is 0 Å². The van der Waals surface area contributed by atoms with E-state index in [1.165, 1.54) is 24.4 Å². The maximum Gasteiger partial charge on any atom is 0.272 e. The molecule has 1 aliphatic rings. The average Bonchev–Trinajstić information content (AvgIpc) is 2.89. The summed E-state index contributed by atoms with van der Waals surface area (Å²) in [6.45, 7) is 1.72. The van der Waals surface area contributed by atoms with Crippen LogP contribution in [0, 0.1) is 18.7 Å². The van der Waals surface area contributed by atoms with Gasteiger partial charge >= 0.3 is 0 Å². The molecule has 0 aliphatic heterocycles. The Morgan fingerprint density at radius 3 is 2.61 bits per heavy atom. The van der Waals surface area contributed by atoms with E-state index in [2.05, 4.69) is 10.3 Å². The number of hydrogen-bond acceptors (Lipinski definition) is 6. The number of ketones is 2. The van der Waals surface area contributed by atoms with Gasteiger partial charge < -0.3 is 15.5 Å². The Hall–Kier alpha value is -3.29. The lowest BCUT2D eigenvalue weighted by atomic mass is 9.91. The number of benzene rings is 1. The number of aromatic nitrogens is 1. The van der Waals surface area contributed by atoms with E-state index in [1.54, 1.807) is 6.92 Å². The Labute approximate surface area is 160 Å². The molecule has 2 aromatic rings. The van der Waals surface area contributed by atoms with Gasteiger partial charge in [0.25, 0.3) is 5.91 Å². The molecule has 1 aliphatic carbocycles. The maximum atomic E-state index is 13.6. The number of halogens is 1. The Morgan fingerprint density at radius 1 is 1.29 bits per heavy atom. The molecule has 2 atom stereocenters. The summed E-state index contributed by atoms with van der Waals surface area (Å²) in [5.41, 5.74) is 0.170. The van der Waals surface area contributed by atoms with Crippen LogP contribution < -0.4 is 5.32 Å². The minimum absolute atomic E-state index is 0.0515. The molecule has 3 N–H and O–H groups in total. The lowest BCUT2D eigenvalue weighted by molar-refractivity contribution is -0.125. The van der Waals surface area contributed by atoms with Crippen molar-refractivity contribution in [1.82, 2.24) is 10.3 Å². The zero-order valence-electron chi connectivity index (χ0n) is 15.1. The molecule has 1 aromatic carbocycles. The molecule has 7 nitrogen and oxygen atoms in total. The first kappa shape index (κ1) is 19.5. The molecule has 1 aromatic heterocycles.